The van der Waals surface area contributed by atoms with Gasteiger partial charge in [0.25, 0.3) is 0 Å². The largest absolute Gasteiger partial charge is 0.318 e. The molecular weight excluding hydrogens is 388 g/mol. The number of fused-ring (bicyclic) bond motifs is 1. The van der Waals surface area contributed by atoms with Crippen molar-refractivity contribution >= 4 is 54.1 Å². The van der Waals surface area contributed by atoms with E-state index in [9.17, 15) is 0 Å². The van der Waals surface area contributed by atoms with Crippen molar-refractivity contribution in [2.75, 3.05) is 0 Å². The zero-order chi connectivity index (χ0) is 13.4. The molecule has 0 spiro atoms. The van der Waals surface area contributed by atoms with Gasteiger partial charge in [-0.1, -0.05) is 18.2 Å². The normalized spacial score (nSPS) is 12.8. The molecule has 2 N–H and O–H groups in total. The van der Waals surface area contributed by atoms with E-state index in [1.807, 2.05) is 35.7 Å². The minimum atomic E-state index is -0.228. The quantitative estimate of drug-likeness (QED) is 0.669. The number of benzene rings is 1. The Kier molecular flexibility index (Phi) is 3.71. The third-order valence-electron chi connectivity index (χ3n) is 2.93. The number of thiophene rings is 1. The van der Waals surface area contributed by atoms with Crippen LogP contribution in [0.2, 0.25) is 0 Å². The van der Waals surface area contributed by atoms with E-state index in [2.05, 4.69) is 42.9 Å². The number of nitrogens with two attached hydrogens (primary N) is 1. The van der Waals surface area contributed by atoms with E-state index in [0.717, 1.165) is 30.4 Å². The lowest BCUT2D eigenvalue weighted by Crippen LogP contribution is -2.13. The van der Waals surface area contributed by atoms with Gasteiger partial charge in [0.2, 0.25) is 0 Å². The average Bonchev–Trinajstić information content (AvgIpc) is 2.83. The molecule has 1 unspecified atom stereocenters. The molecule has 2 aromatic heterocycles. The summed E-state index contributed by atoms with van der Waals surface area (Å²) in [6.07, 6.45) is 0. The van der Waals surface area contributed by atoms with Gasteiger partial charge in [-0.25, -0.2) is 4.98 Å². The minimum absolute atomic E-state index is 0.228. The van der Waals surface area contributed by atoms with Crippen molar-refractivity contribution in [3.8, 4) is 0 Å². The van der Waals surface area contributed by atoms with Gasteiger partial charge < -0.3 is 5.73 Å². The highest BCUT2D eigenvalue weighted by Gasteiger charge is 2.18. The number of halogens is 2. The molecule has 3 aromatic rings. The molecule has 1 aromatic carbocycles. The first-order chi connectivity index (χ1) is 9.16. The standard InChI is InChI=1S/C14H10Br2N2S/c15-9-5-6-19-14(9)12(17)13-10(16)7-8-3-1-2-4-11(8)18-13/h1-7,12H,17H2. The van der Waals surface area contributed by atoms with Crippen LogP contribution in [0.25, 0.3) is 10.9 Å². The Morgan fingerprint density at radius 2 is 1.89 bits per heavy atom. The van der Waals surface area contributed by atoms with Crippen LogP contribution in [-0.4, -0.2) is 4.98 Å². The molecule has 2 nitrogen and oxygen atoms in total. The second kappa shape index (κ2) is 5.32. The molecule has 5 heteroatoms. The highest BCUT2D eigenvalue weighted by atomic mass is 79.9. The highest BCUT2D eigenvalue weighted by Crippen LogP contribution is 2.34. The number of pyridine rings is 1. The molecular formula is C14H10Br2N2S. The van der Waals surface area contributed by atoms with Crippen LogP contribution in [0.15, 0.2) is 50.7 Å². The second-order valence-electron chi connectivity index (χ2n) is 4.16. The summed E-state index contributed by atoms with van der Waals surface area (Å²) in [6.45, 7) is 0. The van der Waals surface area contributed by atoms with Crippen LogP contribution >= 0.6 is 43.2 Å². The van der Waals surface area contributed by atoms with Crippen LogP contribution in [0.5, 0.6) is 0 Å². The van der Waals surface area contributed by atoms with E-state index in [4.69, 9.17) is 5.73 Å². The summed E-state index contributed by atoms with van der Waals surface area (Å²) >= 11 is 8.73. The summed E-state index contributed by atoms with van der Waals surface area (Å²) in [6, 6.07) is 11.9. The maximum Gasteiger partial charge on any atom is 0.0843 e. The van der Waals surface area contributed by atoms with Crippen LogP contribution in [0.3, 0.4) is 0 Å². The summed E-state index contributed by atoms with van der Waals surface area (Å²) in [5, 5.41) is 3.13. The molecule has 2 heterocycles. The average molecular weight is 398 g/mol. The first-order valence-corrected chi connectivity index (χ1v) is 8.17. The first-order valence-electron chi connectivity index (χ1n) is 5.70. The molecule has 0 fully saturated rings. The summed E-state index contributed by atoms with van der Waals surface area (Å²) in [4.78, 5) is 5.77. The van der Waals surface area contributed by atoms with Gasteiger partial charge in [0.05, 0.1) is 17.3 Å². The van der Waals surface area contributed by atoms with Crippen LogP contribution in [0.1, 0.15) is 16.6 Å². The van der Waals surface area contributed by atoms with Crippen LogP contribution < -0.4 is 5.73 Å². The number of nitrogens with zero attached hydrogens (tertiary/aromatic N) is 1. The van der Waals surface area contributed by atoms with E-state index >= 15 is 0 Å². The van der Waals surface area contributed by atoms with Crippen LogP contribution in [-0.2, 0) is 0 Å². The van der Waals surface area contributed by atoms with Gasteiger partial charge >= 0.3 is 0 Å². The molecule has 0 saturated carbocycles. The maximum absolute atomic E-state index is 6.34. The van der Waals surface area contributed by atoms with Crippen LogP contribution in [0.4, 0.5) is 0 Å². The van der Waals surface area contributed by atoms with E-state index in [1.165, 1.54) is 0 Å². The zero-order valence-corrected chi connectivity index (χ0v) is 13.8. The molecule has 0 bridgehead atoms. The number of aromatic nitrogens is 1. The second-order valence-corrected chi connectivity index (χ2v) is 6.81. The van der Waals surface area contributed by atoms with Gasteiger partial charge in [-0.05, 0) is 55.4 Å². The fraction of sp³-hybridized carbons (Fsp3) is 0.0714. The lowest BCUT2D eigenvalue weighted by molar-refractivity contribution is 0.844. The highest BCUT2D eigenvalue weighted by molar-refractivity contribution is 9.10. The predicted octanol–water partition coefficient (Wildman–Crippen LogP) is 4.87. The van der Waals surface area contributed by atoms with E-state index < -0.39 is 0 Å². The van der Waals surface area contributed by atoms with Gasteiger partial charge in [0, 0.05) is 19.2 Å². The number of rotatable bonds is 2. The number of para-hydroxylation sites is 1. The van der Waals surface area contributed by atoms with Crippen molar-refractivity contribution < 1.29 is 0 Å². The fourth-order valence-electron chi connectivity index (χ4n) is 1.97. The third kappa shape index (κ3) is 2.48. The van der Waals surface area contributed by atoms with Crippen molar-refractivity contribution in [3.05, 3.63) is 61.3 Å². The monoisotopic (exact) mass is 396 g/mol. The lowest BCUT2D eigenvalue weighted by atomic mass is 10.1. The Morgan fingerprint density at radius 1 is 1.11 bits per heavy atom. The van der Waals surface area contributed by atoms with E-state index in [-0.39, 0.29) is 6.04 Å². The molecule has 3 rings (SSSR count). The van der Waals surface area contributed by atoms with Gasteiger partial charge in [-0.15, -0.1) is 11.3 Å². The predicted molar refractivity (Wildman–Crippen MR) is 87.5 cm³/mol. The molecule has 0 saturated heterocycles. The van der Waals surface area contributed by atoms with Crippen molar-refractivity contribution in [2.24, 2.45) is 5.73 Å². The van der Waals surface area contributed by atoms with E-state index in [1.54, 1.807) is 11.3 Å². The Balaban J connectivity index is 2.14. The SMILES string of the molecule is NC(c1nc2ccccc2cc1Br)c1sccc1Br. The maximum atomic E-state index is 6.34. The molecule has 0 aliphatic carbocycles. The molecule has 0 amide bonds. The topological polar surface area (TPSA) is 38.9 Å². The van der Waals surface area contributed by atoms with Crippen molar-refractivity contribution in [1.29, 1.82) is 0 Å². The summed E-state index contributed by atoms with van der Waals surface area (Å²) in [5.41, 5.74) is 8.17. The fourth-order valence-corrected chi connectivity index (χ4v) is 4.18. The summed E-state index contributed by atoms with van der Waals surface area (Å²) in [5.74, 6) is 0. The molecule has 0 aliphatic heterocycles. The Morgan fingerprint density at radius 3 is 2.63 bits per heavy atom. The smallest absolute Gasteiger partial charge is 0.0843 e. The Bertz CT molecular complexity index is 739. The van der Waals surface area contributed by atoms with Crippen molar-refractivity contribution in [1.82, 2.24) is 4.98 Å². The number of hydrogen-bond acceptors (Lipinski definition) is 3. The van der Waals surface area contributed by atoms with Gasteiger partial charge in [-0.3, -0.25) is 0 Å². The van der Waals surface area contributed by atoms with Gasteiger partial charge in [0.1, 0.15) is 0 Å². The van der Waals surface area contributed by atoms with Gasteiger partial charge in [-0.2, -0.15) is 0 Å². The molecule has 19 heavy (non-hydrogen) atoms. The Labute approximate surface area is 131 Å². The Hall–Kier alpha value is -0.750. The lowest BCUT2D eigenvalue weighted by Gasteiger charge is -2.13. The summed E-state index contributed by atoms with van der Waals surface area (Å²) < 4.78 is 1.98. The molecule has 0 aliphatic rings. The minimum Gasteiger partial charge on any atom is -0.318 e. The summed E-state index contributed by atoms with van der Waals surface area (Å²) in [7, 11) is 0. The molecule has 0 radical (unpaired) electrons. The number of hydrogen-bond donors (Lipinski definition) is 1. The zero-order valence-electron chi connectivity index (χ0n) is 9.81. The first kappa shape index (κ1) is 13.2. The van der Waals surface area contributed by atoms with Crippen molar-refractivity contribution in [3.63, 3.8) is 0 Å². The molecule has 1 atom stereocenters. The van der Waals surface area contributed by atoms with E-state index in [0.29, 0.717) is 0 Å². The molecule has 96 valence electrons. The van der Waals surface area contributed by atoms with Crippen molar-refractivity contribution in [2.45, 2.75) is 6.04 Å². The van der Waals surface area contributed by atoms with Crippen LogP contribution in [0, 0.1) is 0 Å². The third-order valence-corrected chi connectivity index (χ3v) is 5.52. The van der Waals surface area contributed by atoms with Gasteiger partial charge in [0.15, 0.2) is 0 Å².